The fraction of sp³-hybridized carbons (Fsp3) is 0.167. The van der Waals surface area contributed by atoms with Crippen molar-refractivity contribution >= 4 is 0 Å². The Kier molecular flexibility index (Phi) is 2.08. The number of hydrogen-bond acceptors (Lipinski definition) is 3. The first-order chi connectivity index (χ1) is 7.86. The second-order valence-corrected chi connectivity index (χ2v) is 3.78. The molecule has 1 aliphatic heterocycles. The highest BCUT2D eigenvalue weighted by Gasteiger charge is 2.16. The van der Waals surface area contributed by atoms with Gasteiger partial charge in [0.1, 0.15) is 6.33 Å². The zero-order valence-electron chi connectivity index (χ0n) is 8.68. The van der Waals surface area contributed by atoms with Gasteiger partial charge in [-0.1, -0.05) is 18.2 Å². The Balaban J connectivity index is 2.21. The smallest absolute Gasteiger partial charge is 0.262 e. The van der Waals surface area contributed by atoms with Crippen LogP contribution in [-0.2, 0) is 13.1 Å². The van der Waals surface area contributed by atoms with Crippen molar-refractivity contribution in [2.45, 2.75) is 13.1 Å². The topological polar surface area (TPSA) is 46.9 Å². The minimum Gasteiger partial charge on any atom is -0.307 e. The molecule has 3 rings (SSSR count). The summed E-state index contributed by atoms with van der Waals surface area (Å²) in [5, 5.41) is 3.13. The molecule has 0 amide bonds. The van der Waals surface area contributed by atoms with Crippen molar-refractivity contribution in [3.63, 3.8) is 0 Å². The van der Waals surface area contributed by atoms with E-state index in [0.29, 0.717) is 13.1 Å². The summed E-state index contributed by atoms with van der Waals surface area (Å²) in [5.41, 5.74) is 2.54. The van der Waals surface area contributed by atoms with Gasteiger partial charge in [-0.15, -0.1) is 0 Å². The molecule has 0 saturated carbocycles. The van der Waals surface area contributed by atoms with Gasteiger partial charge in [-0.2, -0.15) is 0 Å². The van der Waals surface area contributed by atoms with Gasteiger partial charge in [0.05, 0.1) is 16.9 Å². The van der Waals surface area contributed by atoms with Crippen molar-refractivity contribution < 1.29 is 0 Å². The predicted octanol–water partition coefficient (Wildman–Crippen LogP) is 0.836. The lowest BCUT2D eigenvalue weighted by molar-refractivity contribution is 0.756. The predicted molar refractivity (Wildman–Crippen MR) is 60.4 cm³/mol. The highest BCUT2D eigenvalue weighted by molar-refractivity contribution is 5.33. The normalized spacial score (nSPS) is 13.8. The maximum Gasteiger partial charge on any atom is 0.262 e. The van der Waals surface area contributed by atoms with E-state index in [4.69, 9.17) is 0 Å². The van der Waals surface area contributed by atoms with Gasteiger partial charge in [-0.25, -0.2) is 4.98 Å². The van der Waals surface area contributed by atoms with Crippen molar-refractivity contribution in [3.05, 3.63) is 58.3 Å². The number of benzene rings is 1. The number of para-hydroxylation sites is 1. The lowest BCUT2D eigenvalue weighted by atomic mass is 10.2. The van der Waals surface area contributed by atoms with E-state index in [1.165, 1.54) is 0 Å². The molecule has 4 nitrogen and oxygen atoms in total. The van der Waals surface area contributed by atoms with Gasteiger partial charge >= 0.3 is 0 Å². The van der Waals surface area contributed by atoms with E-state index in [1.807, 2.05) is 30.3 Å². The molecule has 1 aromatic carbocycles. The lowest BCUT2D eigenvalue weighted by Gasteiger charge is -2.06. The van der Waals surface area contributed by atoms with Gasteiger partial charge in [0.2, 0.25) is 0 Å². The molecule has 0 aliphatic carbocycles. The zero-order valence-corrected chi connectivity index (χ0v) is 8.68. The molecule has 1 aliphatic rings. The number of hydrogen-bond donors (Lipinski definition) is 1. The van der Waals surface area contributed by atoms with Crippen LogP contribution in [0.15, 0.2) is 41.5 Å². The molecule has 0 saturated heterocycles. The largest absolute Gasteiger partial charge is 0.307 e. The van der Waals surface area contributed by atoms with Crippen LogP contribution in [0.25, 0.3) is 5.69 Å². The number of nitrogens with one attached hydrogen (secondary N) is 1. The second kappa shape index (κ2) is 3.57. The summed E-state index contributed by atoms with van der Waals surface area (Å²) < 4.78 is 1.59. The number of rotatable bonds is 1. The zero-order chi connectivity index (χ0) is 11.0. The van der Waals surface area contributed by atoms with Crippen LogP contribution in [-0.4, -0.2) is 9.55 Å². The maximum atomic E-state index is 12.1. The Bertz CT molecular complexity index is 575. The van der Waals surface area contributed by atoms with Crippen LogP contribution in [0.1, 0.15) is 11.3 Å². The first-order valence-electron chi connectivity index (χ1n) is 5.22. The van der Waals surface area contributed by atoms with Crippen LogP contribution >= 0.6 is 0 Å². The summed E-state index contributed by atoms with van der Waals surface area (Å²) in [4.78, 5) is 16.4. The number of nitrogens with zero attached hydrogens (tertiary/aromatic N) is 2. The van der Waals surface area contributed by atoms with Crippen molar-refractivity contribution in [2.75, 3.05) is 0 Å². The SMILES string of the molecule is O=c1c2c(ncn1-c1ccccc1)CNC2. The summed E-state index contributed by atoms with van der Waals surface area (Å²) in [5.74, 6) is 0. The van der Waals surface area contributed by atoms with Crippen LogP contribution in [0, 0.1) is 0 Å². The molecule has 16 heavy (non-hydrogen) atoms. The fourth-order valence-corrected chi connectivity index (χ4v) is 1.94. The lowest BCUT2D eigenvalue weighted by Crippen LogP contribution is -2.23. The molecule has 2 heterocycles. The van der Waals surface area contributed by atoms with Crippen LogP contribution in [0.2, 0.25) is 0 Å². The molecule has 4 heteroatoms. The van der Waals surface area contributed by atoms with Crippen LogP contribution in [0.5, 0.6) is 0 Å². The highest BCUT2D eigenvalue weighted by atomic mass is 16.1. The summed E-state index contributed by atoms with van der Waals surface area (Å²) in [6, 6.07) is 9.55. The standard InChI is InChI=1S/C12H11N3O/c16-12-10-6-13-7-11(10)14-8-15(12)9-4-2-1-3-5-9/h1-5,8,13H,6-7H2. The molecule has 2 aromatic rings. The summed E-state index contributed by atoms with van der Waals surface area (Å²) in [6.45, 7) is 1.31. The summed E-state index contributed by atoms with van der Waals surface area (Å²) in [6.07, 6.45) is 1.60. The first kappa shape index (κ1) is 9.30. The highest BCUT2D eigenvalue weighted by Crippen LogP contribution is 2.09. The Hall–Kier alpha value is -1.94. The Morgan fingerprint density at radius 3 is 2.81 bits per heavy atom. The molecule has 0 atom stereocenters. The molecule has 80 valence electrons. The van der Waals surface area contributed by atoms with Gasteiger partial charge in [0, 0.05) is 13.1 Å². The van der Waals surface area contributed by atoms with Crippen molar-refractivity contribution in [3.8, 4) is 5.69 Å². The molecular formula is C12H11N3O. The third kappa shape index (κ3) is 1.35. The van der Waals surface area contributed by atoms with E-state index in [9.17, 15) is 4.79 Å². The number of aromatic nitrogens is 2. The third-order valence-corrected chi connectivity index (χ3v) is 2.78. The maximum absolute atomic E-state index is 12.1. The fourth-order valence-electron chi connectivity index (χ4n) is 1.94. The van der Waals surface area contributed by atoms with E-state index in [0.717, 1.165) is 16.9 Å². The molecule has 0 fully saturated rings. The van der Waals surface area contributed by atoms with Gasteiger partial charge in [-0.3, -0.25) is 9.36 Å². The molecule has 1 N–H and O–H groups in total. The minimum absolute atomic E-state index is 0.0289. The molecule has 1 aromatic heterocycles. The third-order valence-electron chi connectivity index (χ3n) is 2.78. The summed E-state index contributed by atoms with van der Waals surface area (Å²) >= 11 is 0. The van der Waals surface area contributed by atoms with E-state index in [-0.39, 0.29) is 5.56 Å². The van der Waals surface area contributed by atoms with Gasteiger partial charge < -0.3 is 5.32 Å². The van der Waals surface area contributed by atoms with Gasteiger partial charge in [0.25, 0.3) is 5.56 Å². The second-order valence-electron chi connectivity index (χ2n) is 3.78. The Morgan fingerprint density at radius 2 is 2.00 bits per heavy atom. The first-order valence-corrected chi connectivity index (χ1v) is 5.22. The van der Waals surface area contributed by atoms with Crippen LogP contribution in [0.4, 0.5) is 0 Å². The van der Waals surface area contributed by atoms with Crippen molar-refractivity contribution in [2.24, 2.45) is 0 Å². The van der Waals surface area contributed by atoms with Crippen LogP contribution in [0.3, 0.4) is 0 Å². The summed E-state index contributed by atoms with van der Waals surface area (Å²) in [7, 11) is 0. The molecule has 0 spiro atoms. The Labute approximate surface area is 92.6 Å². The van der Waals surface area contributed by atoms with Crippen molar-refractivity contribution in [1.29, 1.82) is 0 Å². The molecule has 0 unspecified atom stereocenters. The van der Waals surface area contributed by atoms with E-state index in [1.54, 1.807) is 10.9 Å². The average Bonchev–Trinajstić information content (AvgIpc) is 2.80. The monoisotopic (exact) mass is 213 g/mol. The Morgan fingerprint density at radius 1 is 1.19 bits per heavy atom. The average molecular weight is 213 g/mol. The quantitative estimate of drug-likeness (QED) is 0.763. The van der Waals surface area contributed by atoms with Crippen LogP contribution < -0.4 is 10.9 Å². The minimum atomic E-state index is 0.0289. The molecular weight excluding hydrogens is 202 g/mol. The molecule has 0 bridgehead atoms. The van der Waals surface area contributed by atoms with Gasteiger partial charge in [0.15, 0.2) is 0 Å². The van der Waals surface area contributed by atoms with E-state index >= 15 is 0 Å². The van der Waals surface area contributed by atoms with Gasteiger partial charge in [-0.05, 0) is 12.1 Å². The molecule has 0 radical (unpaired) electrons. The number of fused-ring (bicyclic) bond motifs is 1. The van der Waals surface area contributed by atoms with E-state index in [2.05, 4.69) is 10.3 Å². The van der Waals surface area contributed by atoms with Crippen molar-refractivity contribution in [1.82, 2.24) is 14.9 Å². The van der Waals surface area contributed by atoms with E-state index < -0.39 is 0 Å².